The maximum Gasteiger partial charge on any atom is 0.270 e. The molecule has 0 atom stereocenters. The maximum atomic E-state index is 11.9. The molecule has 1 heterocycles. The molecule has 0 fully saturated rings. The van der Waals surface area contributed by atoms with Crippen molar-refractivity contribution in [2.75, 3.05) is 11.9 Å². The van der Waals surface area contributed by atoms with E-state index < -0.39 is 0 Å². The van der Waals surface area contributed by atoms with Crippen molar-refractivity contribution < 1.29 is 4.79 Å². The summed E-state index contributed by atoms with van der Waals surface area (Å²) in [4.78, 5) is 20.0. The highest BCUT2D eigenvalue weighted by atomic mass is 35.5. The predicted molar refractivity (Wildman–Crippen MR) is 84.0 cm³/mol. The average molecular weight is 305 g/mol. The van der Waals surface area contributed by atoms with Crippen molar-refractivity contribution in [1.29, 1.82) is 0 Å². The minimum absolute atomic E-state index is 0.201. The molecular weight excluding hydrogens is 288 g/mol. The lowest BCUT2D eigenvalue weighted by Gasteiger charge is -2.08. The van der Waals surface area contributed by atoms with Gasteiger partial charge in [0.2, 0.25) is 0 Å². The molecule has 21 heavy (non-hydrogen) atoms. The van der Waals surface area contributed by atoms with Gasteiger partial charge >= 0.3 is 0 Å². The summed E-state index contributed by atoms with van der Waals surface area (Å²) in [6, 6.07) is 8.94. The van der Waals surface area contributed by atoms with E-state index in [4.69, 9.17) is 11.6 Å². The molecule has 0 saturated heterocycles. The molecule has 2 aromatic rings. The number of carbonyl (C=O) groups is 1. The van der Waals surface area contributed by atoms with E-state index in [1.807, 2.05) is 18.2 Å². The first-order chi connectivity index (χ1) is 10.2. The summed E-state index contributed by atoms with van der Waals surface area (Å²) in [6.45, 7) is 2.72. The SMILES string of the molecule is CCCCNC(=O)c1cc(Nc2ccccc2Cl)ncn1. The first-order valence-corrected chi connectivity index (χ1v) is 7.20. The number of rotatable bonds is 6. The van der Waals surface area contributed by atoms with E-state index in [0.29, 0.717) is 23.1 Å². The van der Waals surface area contributed by atoms with Gasteiger partial charge in [-0.2, -0.15) is 0 Å². The lowest BCUT2D eigenvalue weighted by molar-refractivity contribution is 0.0948. The van der Waals surface area contributed by atoms with Gasteiger partial charge < -0.3 is 10.6 Å². The van der Waals surface area contributed by atoms with Crippen molar-refractivity contribution in [3.63, 3.8) is 0 Å². The van der Waals surface area contributed by atoms with Crippen LogP contribution >= 0.6 is 11.6 Å². The Balaban J connectivity index is 2.07. The second-order valence-electron chi connectivity index (χ2n) is 4.50. The van der Waals surface area contributed by atoms with Crippen molar-refractivity contribution in [3.05, 3.63) is 47.4 Å². The molecule has 110 valence electrons. The summed E-state index contributed by atoms with van der Waals surface area (Å²) < 4.78 is 0. The third-order valence-corrected chi connectivity index (χ3v) is 3.18. The number of unbranched alkanes of at least 4 members (excludes halogenated alkanes) is 1. The van der Waals surface area contributed by atoms with Crippen LogP contribution in [0.15, 0.2) is 36.7 Å². The van der Waals surface area contributed by atoms with Crippen molar-refractivity contribution in [2.45, 2.75) is 19.8 Å². The molecule has 1 amide bonds. The Kier molecular flexibility index (Phi) is 5.51. The van der Waals surface area contributed by atoms with Crippen molar-refractivity contribution in [1.82, 2.24) is 15.3 Å². The minimum atomic E-state index is -0.201. The Morgan fingerprint density at radius 2 is 2.10 bits per heavy atom. The van der Waals surface area contributed by atoms with Crippen molar-refractivity contribution in [2.24, 2.45) is 0 Å². The standard InChI is InChI=1S/C15H17ClN4O/c1-2-3-8-17-15(21)13-9-14(19-10-18-13)20-12-7-5-4-6-11(12)16/h4-7,9-10H,2-3,8H2,1H3,(H,17,21)(H,18,19,20). The summed E-state index contributed by atoms with van der Waals surface area (Å²) in [5.41, 5.74) is 1.06. The molecule has 0 unspecified atom stereocenters. The quantitative estimate of drug-likeness (QED) is 0.803. The van der Waals surface area contributed by atoms with Crippen molar-refractivity contribution in [3.8, 4) is 0 Å². The Morgan fingerprint density at radius 1 is 1.29 bits per heavy atom. The number of nitrogens with zero attached hydrogens (tertiary/aromatic N) is 2. The van der Waals surface area contributed by atoms with Gasteiger partial charge in [-0.25, -0.2) is 9.97 Å². The van der Waals surface area contributed by atoms with Gasteiger partial charge in [0.25, 0.3) is 5.91 Å². The molecule has 2 rings (SSSR count). The Bertz CT molecular complexity index is 618. The number of aromatic nitrogens is 2. The summed E-state index contributed by atoms with van der Waals surface area (Å²) in [5.74, 6) is 0.326. The number of hydrogen-bond donors (Lipinski definition) is 2. The molecule has 6 heteroatoms. The number of carbonyl (C=O) groups excluding carboxylic acids is 1. The normalized spacial score (nSPS) is 10.2. The van der Waals surface area contributed by atoms with E-state index in [-0.39, 0.29) is 5.91 Å². The monoisotopic (exact) mass is 304 g/mol. The van der Waals surface area contributed by atoms with Crippen LogP contribution in [0.1, 0.15) is 30.3 Å². The fourth-order valence-corrected chi connectivity index (χ4v) is 1.90. The fraction of sp³-hybridized carbons (Fsp3) is 0.267. The van der Waals surface area contributed by atoms with Crippen molar-refractivity contribution >= 4 is 29.0 Å². The predicted octanol–water partition coefficient (Wildman–Crippen LogP) is 3.40. The molecule has 2 N–H and O–H groups in total. The van der Waals surface area contributed by atoms with Crippen LogP contribution in [0.4, 0.5) is 11.5 Å². The number of benzene rings is 1. The van der Waals surface area contributed by atoms with E-state index in [1.54, 1.807) is 12.1 Å². The number of amides is 1. The van der Waals surface area contributed by atoms with Crippen LogP contribution in [0, 0.1) is 0 Å². The topological polar surface area (TPSA) is 66.9 Å². The van der Waals surface area contributed by atoms with Crippen LogP contribution in [0.2, 0.25) is 5.02 Å². The lowest BCUT2D eigenvalue weighted by Crippen LogP contribution is -2.25. The van der Waals surface area contributed by atoms with Gasteiger partial charge in [-0.15, -0.1) is 0 Å². The van der Waals surface area contributed by atoms with E-state index in [0.717, 1.165) is 18.5 Å². The molecule has 0 saturated carbocycles. The Hall–Kier alpha value is -2.14. The number of hydrogen-bond acceptors (Lipinski definition) is 4. The number of halogens is 1. The molecule has 0 radical (unpaired) electrons. The molecule has 0 spiro atoms. The van der Waals surface area contributed by atoms with Crippen LogP contribution < -0.4 is 10.6 Å². The van der Waals surface area contributed by atoms with E-state index >= 15 is 0 Å². The smallest absolute Gasteiger partial charge is 0.270 e. The van der Waals surface area contributed by atoms with E-state index in [9.17, 15) is 4.79 Å². The third-order valence-electron chi connectivity index (χ3n) is 2.85. The number of nitrogens with one attached hydrogen (secondary N) is 2. The van der Waals surface area contributed by atoms with Gasteiger partial charge in [0, 0.05) is 12.6 Å². The van der Waals surface area contributed by atoms with E-state index in [1.165, 1.54) is 6.33 Å². The minimum Gasteiger partial charge on any atom is -0.351 e. The summed E-state index contributed by atoms with van der Waals surface area (Å²) in [5, 5.41) is 6.48. The highest BCUT2D eigenvalue weighted by Crippen LogP contribution is 2.23. The number of anilines is 2. The summed E-state index contributed by atoms with van der Waals surface area (Å²) >= 11 is 6.08. The summed E-state index contributed by atoms with van der Waals surface area (Å²) in [6.07, 6.45) is 3.33. The lowest BCUT2D eigenvalue weighted by atomic mass is 10.3. The molecule has 1 aromatic heterocycles. The fourth-order valence-electron chi connectivity index (χ4n) is 1.72. The van der Waals surface area contributed by atoms with Gasteiger partial charge in [-0.3, -0.25) is 4.79 Å². The molecular formula is C15H17ClN4O. The van der Waals surface area contributed by atoms with Gasteiger partial charge in [0.1, 0.15) is 17.8 Å². The molecule has 0 bridgehead atoms. The maximum absolute atomic E-state index is 11.9. The van der Waals surface area contributed by atoms with Gasteiger partial charge in [0.05, 0.1) is 10.7 Å². The summed E-state index contributed by atoms with van der Waals surface area (Å²) in [7, 11) is 0. The highest BCUT2D eigenvalue weighted by Gasteiger charge is 2.08. The zero-order valence-corrected chi connectivity index (χ0v) is 12.5. The molecule has 1 aromatic carbocycles. The van der Waals surface area contributed by atoms with Crippen LogP contribution in [0.5, 0.6) is 0 Å². The molecule has 0 aliphatic heterocycles. The zero-order valence-electron chi connectivity index (χ0n) is 11.8. The van der Waals surface area contributed by atoms with Crippen LogP contribution in [0.25, 0.3) is 0 Å². The van der Waals surface area contributed by atoms with Gasteiger partial charge in [0.15, 0.2) is 0 Å². The van der Waals surface area contributed by atoms with Gasteiger partial charge in [-0.1, -0.05) is 37.1 Å². The van der Waals surface area contributed by atoms with Crippen LogP contribution in [0.3, 0.4) is 0 Å². The first-order valence-electron chi connectivity index (χ1n) is 6.82. The van der Waals surface area contributed by atoms with Crippen LogP contribution in [-0.2, 0) is 0 Å². The Morgan fingerprint density at radius 3 is 2.86 bits per heavy atom. The third kappa shape index (κ3) is 4.43. The van der Waals surface area contributed by atoms with Gasteiger partial charge in [-0.05, 0) is 18.6 Å². The number of para-hydroxylation sites is 1. The second kappa shape index (κ2) is 7.59. The average Bonchev–Trinajstić information content (AvgIpc) is 2.50. The Labute approximate surface area is 128 Å². The van der Waals surface area contributed by atoms with Crippen LogP contribution in [-0.4, -0.2) is 22.4 Å². The second-order valence-corrected chi connectivity index (χ2v) is 4.91. The largest absolute Gasteiger partial charge is 0.351 e. The molecule has 0 aliphatic rings. The zero-order chi connectivity index (χ0) is 15.1. The van der Waals surface area contributed by atoms with E-state index in [2.05, 4.69) is 27.5 Å². The molecule has 5 nitrogen and oxygen atoms in total. The highest BCUT2D eigenvalue weighted by molar-refractivity contribution is 6.33. The first kappa shape index (κ1) is 15.3. The molecule has 0 aliphatic carbocycles.